The molecule has 0 rings (SSSR count). The van der Waals surface area contributed by atoms with E-state index in [1.54, 1.807) is 0 Å². The van der Waals surface area contributed by atoms with Crippen molar-refractivity contribution in [3.63, 3.8) is 0 Å². The van der Waals surface area contributed by atoms with Crippen molar-refractivity contribution >= 4 is 6.29 Å². The van der Waals surface area contributed by atoms with Gasteiger partial charge in [-0.1, -0.05) is 0 Å². The van der Waals surface area contributed by atoms with Gasteiger partial charge in [0.15, 0.2) is 6.29 Å². The van der Waals surface area contributed by atoms with Gasteiger partial charge < -0.3 is 30.3 Å². The van der Waals surface area contributed by atoms with Crippen LogP contribution in [-0.2, 0) is 4.79 Å². The maximum atomic E-state index is 9.90. The summed E-state index contributed by atoms with van der Waals surface area (Å²) in [5.41, 5.74) is 0. The van der Waals surface area contributed by atoms with E-state index in [2.05, 4.69) is 0 Å². The lowest BCUT2D eigenvalue weighted by atomic mass is 10.1. The zero-order chi connectivity index (χ0) is 9.72. The summed E-state index contributed by atoms with van der Waals surface area (Å²) in [4.78, 5) is 9.90. The Bertz CT molecular complexity index is 138. The van der Waals surface area contributed by atoms with Crippen molar-refractivity contribution in [3.05, 3.63) is 0 Å². The van der Waals surface area contributed by atoms with E-state index in [1.807, 2.05) is 0 Å². The van der Waals surface area contributed by atoms with Crippen molar-refractivity contribution in [2.45, 2.75) is 24.4 Å². The summed E-state index contributed by atoms with van der Waals surface area (Å²) in [6, 6.07) is 0. The Morgan fingerprint density at radius 1 is 1.08 bits per heavy atom. The van der Waals surface area contributed by atoms with Crippen molar-refractivity contribution < 1.29 is 30.3 Å². The molecule has 0 aromatic rings. The SMILES string of the molecule is O=C[13C@H](O)[C@@H](O)[C@H](O)[C@H](O)CO. The third-order valence-corrected chi connectivity index (χ3v) is 1.42. The minimum atomic E-state index is -1.79. The predicted octanol–water partition coefficient (Wildman–Crippen LogP) is -3.38. The van der Waals surface area contributed by atoms with Gasteiger partial charge in [-0.25, -0.2) is 0 Å². The van der Waals surface area contributed by atoms with Gasteiger partial charge in [-0.2, -0.15) is 0 Å². The molecule has 72 valence electrons. The molecule has 4 atom stereocenters. The van der Waals surface area contributed by atoms with Crippen LogP contribution >= 0.6 is 0 Å². The van der Waals surface area contributed by atoms with Crippen LogP contribution in [0.4, 0.5) is 0 Å². The lowest BCUT2D eigenvalue weighted by molar-refractivity contribution is -0.136. The van der Waals surface area contributed by atoms with Gasteiger partial charge in [0.1, 0.15) is 24.4 Å². The topological polar surface area (TPSA) is 118 Å². The van der Waals surface area contributed by atoms with Crippen LogP contribution in [0.2, 0.25) is 0 Å². The Balaban J connectivity index is 4.07. The summed E-state index contributed by atoms with van der Waals surface area (Å²) in [6.45, 7) is -0.760. The van der Waals surface area contributed by atoms with Crippen molar-refractivity contribution in [1.29, 1.82) is 0 Å². The Morgan fingerprint density at radius 3 is 1.92 bits per heavy atom. The zero-order valence-electron chi connectivity index (χ0n) is 6.24. The highest BCUT2D eigenvalue weighted by molar-refractivity contribution is 5.56. The van der Waals surface area contributed by atoms with E-state index in [1.165, 1.54) is 0 Å². The van der Waals surface area contributed by atoms with E-state index >= 15 is 0 Å². The number of aliphatic hydroxyl groups excluding tert-OH is 5. The van der Waals surface area contributed by atoms with Gasteiger partial charge in [0.05, 0.1) is 6.61 Å². The highest BCUT2D eigenvalue weighted by Gasteiger charge is 2.29. The largest absolute Gasteiger partial charge is 0.394 e. The first-order valence-electron chi connectivity index (χ1n) is 3.33. The summed E-state index contributed by atoms with van der Waals surface area (Å²) in [5, 5.41) is 43.5. The Kier molecular flexibility index (Phi) is 4.95. The Morgan fingerprint density at radius 2 is 1.58 bits per heavy atom. The molecule has 6 nitrogen and oxygen atoms in total. The van der Waals surface area contributed by atoms with Crippen LogP contribution in [-0.4, -0.2) is 62.8 Å². The lowest BCUT2D eigenvalue weighted by Crippen LogP contribution is -2.46. The highest BCUT2D eigenvalue weighted by Crippen LogP contribution is 2.02. The van der Waals surface area contributed by atoms with E-state index < -0.39 is 31.0 Å². The van der Waals surface area contributed by atoms with Crippen LogP contribution in [0, 0.1) is 0 Å². The maximum Gasteiger partial charge on any atom is 0.151 e. The van der Waals surface area contributed by atoms with Crippen LogP contribution < -0.4 is 0 Å². The Hall–Kier alpha value is -0.530. The fraction of sp³-hybridized carbons (Fsp3) is 0.833. The van der Waals surface area contributed by atoms with Gasteiger partial charge in [-0.05, 0) is 0 Å². The number of aldehydes is 1. The van der Waals surface area contributed by atoms with E-state index in [0.29, 0.717) is 0 Å². The second kappa shape index (κ2) is 5.18. The van der Waals surface area contributed by atoms with Crippen molar-refractivity contribution in [2.75, 3.05) is 6.61 Å². The number of carbonyl (C=O) groups excluding carboxylic acids is 1. The molecular weight excluding hydrogens is 169 g/mol. The van der Waals surface area contributed by atoms with Crippen molar-refractivity contribution in [1.82, 2.24) is 0 Å². The van der Waals surface area contributed by atoms with Crippen molar-refractivity contribution in [2.24, 2.45) is 0 Å². The van der Waals surface area contributed by atoms with E-state index in [0.717, 1.165) is 0 Å². The van der Waals surface area contributed by atoms with Gasteiger partial charge in [0.25, 0.3) is 0 Å². The number of hydrogen-bond donors (Lipinski definition) is 5. The normalized spacial score (nSPS) is 21.1. The van der Waals surface area contributed by atoms with E-state index in [4.69, 9.17) is 25.5 Å². The summed E-state index contributed by atoms with van der Waals surface area (Å²) < 4.78 is 0. The fourth-order valence-electron chi connectivity index (χ4n) is 0.618. The van der Waals surface area contributed by atoms with Gasteiger partial charge in [-0.15, -0.1) is 0 Å². The smallest absolute Gasteiger partial charge is 0.151 e. The van der Waals surface area contributed by atoms with Crippen LogP contribution in [0.5, 0.6) is 0 Å². The minimum Gasteiger partial charge on any atom is -0.394 e. The standard InChI is InChI=1S/C6H12O6/c7-1-3(9)5(11)6(12)4(10)2-8/h1,3-6,8-12H,2H2/t3-,4+,5+,6+/m0/s1/i3+1. The third-order valence-electron chi connectivity index (χ3n) is 1.42. The first kappa shape index (κ1) is 11.5. The first-order valence-corrected chi connectivity index (χ1v) is 3.33. The molecule has 5 N–H and O–H groups in total. The third kappa shape index (κ3) is 2.84. The molecule has 0 unspecified atom stereocenters. The van der Waals surface area contributed by atoms with Crippen LogP contribution in [0.3, 0.4) is 0 Å². The number of carbonyl (C=O) groups is 1. The monoisotopic (exact) mass is 181 g/mol. The fourth-order valence-corrected chi connectivity index (χ4v) is 0.618. The molecule has 0 saturated carbocycles. The van der Waals surface area contributed by atoms with E-state index in [-0.39, 0.29) is 6.29 Å². The average molecular weight is 181 g/mol. The summed E-state index contributed by atoms with van der Waals surface area (Å²) in [5.74, 6) is 0. The first-order chi connectivity index (χ1) is 5.54. The molecule has 0 aliphatic rings. The molecule has 0 radical (unpaired) electrons. The summed E-state index contributed by atoms with van der Waals surface area (Å²) >= 11 is 0. The lowest BCUT2D eigenvalue weighted by Gasteiger charge is -2.22. The Labute approximate surface area is 68.7 Å². The maximum absolute atomic E-state index is 9.90. The average Bonchev–Trinajstić information content (AvgIpc) is 2.12. The molecular formula is C6H12O6. The molecule has 0 aromatic carbocycles. The molecule has 0 spiro atoms. The number of hydrogen-bond acceptors (Lipinski definition) is 6. The molecule has 0 amide bonds. The highest BCUT2D eigenvalue weighted by atomic mass is 16.4. The summed E-state index contributed by atoms with van der Waals surface area (Å²) in [7, 11) is 0. The molecule has 0 aliphatic carbocycles. The molecule has 0 saturated heterocycles. The van der Waals surface area contributed by atoms with Gasteiger partial charge in [0, 0.05) is 0 Å². The molecule has 12 heavy (non-hydrogen) atoms. The molecule has 0 aliphatic heterocycles. The zero-order valence-corrected chi connectivity index (χ0v) is 6.24. The van der Waals surface area contributed by atoms with Crippen molar-refractivity contribution in [3.8, 4) is 0 Å². The van der Waals surface area contributed by atoms with Gasteiger partial charge in [-0.3, -0.25) is 0 Å². The second-order valence-corrected chi connectivity index (χ2v) is 2.36. The van der Waals surface area contributed by atoms with Crippen LogP contribution in [0.1, 0.15) is 0 Å². The second-order valence-electron chi connectivity index (χ2n) is 2.36. The minimum absolute atomic E-state index is 0.0258. The van der Waals surface area contributed by atoms with E-state index in [9.17, 15) is 4.79 Å². The molecule has 0 fully saturated rings. The number of aliphatic hydroxyl groups is 5. The molecule has 6 heteroatoms. The summed E-state index contributed by atoms with van der Waals surface area (Å²) in [6.07, 6.45) is -6.84. The molecule has 0 aromatic heterocycles. The van der Waals surface area contributed by atoms with Crippen LogP contribution in [0.25, 0.3) is 0 Å². The quantitative estimate of drug-likeness (QED) is 0.223. The van der Waals surface area contributed by atoms with Gasteiger partial charge >= 0.3 is 0 Å². The van der Waals surface area contributed by atoms with Crippen LogP contribution in [0.15, 0.2) is 0 Å². The van der Waals surface area contributed by atoms with Gasteiger partial charge in [0.2, 0.25) is 0 Å². The predicted molar refractivity (Wildman–Crippen MR) is 37.2 cm³/mol. The molecule has 0 bridgehead atoms. The molecule has 0 heterocycles. The number of rotatable bonds is 5.